The molecule has 0 heterocycles. The van der Waals surface area contributed by atoms with Crippen molar-refractivity contribution in [2.75, 3.05) is 4.90 Å². The summed E-state index contributed by atoms with van der Waals surface area (Å²) in [5, 5.41) is 5.00. The van der Waals surface area contributed by atoms with Gasteiger partial charge in [-0.25, -0.2) is 0 Å². The van der Waals surface area contributed by atoms with Crippen LogP contribution in [0.15, 0.2) is 340 Å². The van der Waals surface area contributed by atoms with Crippen molar-refractivity contribution in [3.8, 4) is 77.9 Å². The highest BCUT2D eigenvalue weighted by molar-refractivity contribution is 5.99. The van der Waals surface area contributed by atoms with Crippen molar-refractivity contribution in [1.82, 2.24) is 0 Å². The van der Waals surface area contributed by atoms with E-state index in [1.165, 1.54) is 116 Å². The third kappa shape index (κ3) is 10.9. The summed E-state index contributed by atoms with van der Waals surface area (Å²) < 4.78 is 0. The van der Waals surface area contributed by atoms with Crippen LogP contribution in [0.25, 0.3) is 99.4 Å². The number of nitrogens with zero attached hydrogens (tertiary/aromatic N) is 1. The Morgan fingerprint density at radius 2 is 0.560 bits per heavy atom. The zero-order valence-electron chi connectivity index (χ0n) is 46.8. The predicted molar refractivity (Wildman–Crippen MR) is 357 cm³/mol. The van der Waals surface area contributed by atoms with Crippen LogP contribution in [-0.4, -0.2) is 0 Å². The number of anilines is 3. The van der Waals surface area contributed by atoms with Crippen molar-refractivity contribution >= 4 is 38.6 Å². The molecule has 14 rings (SSSR count). The summed E-state index contributed by atoms with van der Waals surface area (Å²) >= 11 is 0. The molecule has 0 amide bonds. The van der Waals surface area contributed by atoms with Gasteiger partial charge in [0.1, 0.15) is 0 Å². The van der Waals surface area contributed by atoms with Gasteiger partial charge in [-0.05, 0) is 190 Å². The average Bonchev–Trinajstić information content (AvgIpc) is 2.66. The van der Waals surface area contributed by atoms with Crippen molar-refractivity contribution < 1.29 is 0 Å². The molecule has 1 nitrogen and oxygen atoms in total. The Bertz CT molecular complexity index is 4410. The monoisotopic (exact) mass is 1070 g/mol. The van der Waals surface area contributed by atoms with Crippen LogP contribution < -0.4 is 4.90 Å². The van der Waals surface area contributed by atoms with Gasteiger partial charge in [0.05, 0.1) is 5.69 Å². The van der Waals surface area contributed by atoms with E-state index in [-0.39, 0.29) is 5.92 Å². The maximum absolute atomic E-state index is 2.40. The molecule has 0 saturated heterocycles. The number of benzene rings is 14. The Balaban J connectivity index is 0.743. The smallest absolute Gasteiger partial charge is 0.0540 e. The number of rotatable bonds is 15. The third-order valence-electron chi connectivity index (χ3n) is 16.7. The zero-order valence-corrected chi connectivity index (χ0v) is 46.8. The molecule has 0 aromatic heterocycles. The lowest BCUT2D eigenvalue weighted by atomic mass is 9.83. The van der Waals surface area contributed by atoms with Crippen LogP contribution in [0.3, 0.4) is 0 Å². The molecule has 0 bridgehead atoms. The number of hydrogen-bond donors (Lipinski definition) is 0. The van der Waals surface area contributed by atoms with Crippen LogP contribution in [0.5, 0.6) is 0 Å². The number of hydrogen-bond acceptors (Lipinski definition) is 1. The van der Waals surface area contributed by atoms with Crippen LogP contribution in [0, 0.1) is 0 Å². The molecule has 1 heteroatoms. The first kappa shape index (κ1) is 51.5. The summed E-state index contributed by atoms with van der Waals surface area (Å²) in [6.07, 6.45) is 1.92. The van der Waals surface area contributed by atoms with Gasteiger partial charge in [-0.15, -0.1) is 0 Å². The Hall–Kier alpha value is -10.6. The van der Waals surface area contributed by atoms with Crippen LogP contribution in [0.4, 0.5) is 17.1 Å². The minimum Gasteiger partial charge on any atom is -0.310 e. The average molecular weight is 1070 g/mol. The second-order valence-electron chi connectivity index (χ2n) is 22.0. The topological polar surface area (TPSA) is 3.24 Å². The van der Waals surface area contributed by atoms with Gasteiger partial charge < -0.3 is 4.90 Å². The van der Waals surface area contributed by atoms with E-state index in [0.717, 1.165) is 29.9 Å². The van der Waals surface area contributed by atoms with Crippen molar-refractivity contribution in [3.05, 3.63) is 356 Å². The highest BCUT2D eigenvalue weighted by Gasteiger charge is 2.20. The fraction of sp³-hybridized carbons (Fsp3) is 0.0361. The normalized spacial score (nSPS) is 11.6. The molecule has 0 aliphatic carbocycles. The standard InChI is InChI=1S/C83H61N/c1-5-19-60(20-6-1)71-53-72(61-21-7-2-8-22-61)56-75(55-71)66-40-42-70(43-41-66)80(82-33-17-29-68-27-13-15-31-79(68)82)52-37-59-35-38-64(39-36-59)65-44-48-77(49-45-65)84(83-34-18-30-69-28-14-16-32-81(69)83)78-50-46-67(47-51-78)76-57-73(62-23-9-3-10-24-62)54-74(58-76)63-25-11-4-12-26-63/h1-36,38-51,53-58,80H,37,52H2. The van der Waals surface area contributed by atoms with E-state index in [0.29, 0.717) is 0 Å². The van der Waals surface area contributed by atoms with E-state index in [9.17, 15) is 0 Å². The molecule has 0 spiro atoms. The molecule has 84 heavy (non-hydrogen) atoms. The van der Waals surface area contributed by atoms with Gasteiger partial charge in [0, 0.05) is 22.7 Å². The Kier molecular flexibility index (Phi) is 14.4. The van der Waals surface area contributed by atoms with Crippen molar-refractivity contribution in [1.29, 1.82) is 0 Å². The fourth-order valence-electron chi connectivity index (χ4n) is 12.4. The van der Waals surface area contributed by atoms with Crippen LogP contribution in [0.1, 0.15) is 29.0 Å². The van der Waals surface area contributed by atoms with E-state index < -0.39 is 0 Å². The van der Waals surface area contributed by atoms with Crippen LogP contribution in [-0.2, 0) is 6.42 Å². The molecule has 0 aliphatic rings. The summed E-state index contributed by atoms with van der Waals surface area (Å²) in [6.45, 7) is 0. The minimum absolute atomic E-state index is 0.201. The first-order valence-electron chi connectivity index (χ1n) is 29.3. The summed E-state index contributed by atoms with van der Waals surface area (Å²) in [7, 11) is 0. The van der Waals surface area contributed by atoms with E-state index in [1.54, 1.807) is 0 Å². The summed E-state index contributed by atoms with van der Waals surface area (Å²) in [5.41, 5.74) is 24.2. The molecule has 0 saturated carbocycles. The maximum Gasteiger partial charge on any atom is 0.0540 e. The van der Waals surface area contributed by atoms with Gasteiger partial charge in [-0.1, -0.05) is 273 Å². The maximum atomic E-state index is 2.40. The van der Waals surface area contributed by atoms with E-state index >= 15 is 0 Å². The molecule has 1 atom stereocenters. The highest BCUT2D eigenvalue weighted by atomic mass is 15.1. The SMILES string of the molecule is c1ccc(-c2cc(-c3ccccc3)cc(-c3ccc(C(CCc4ccc(-c5ccc(N(c6ccc(-c7cc(-c8ccccc8)cc(-c8ccccc8)c7)cc6)c6cccc7ccccc67)cc5)cc4)c4cccc5ccccc45)cc3)c2)cc1. The van der Waals surface area contributed by atoms with E-state index in [2.05, 4.69) is 345 Å². The summed E-state index contributed by atoms with van der Waals surface area (Å²) in [6, 6.07) is 125. The molecule has 0 radical (unpaired) electrons. The predicted octanol–water partition coefficient (Wildman–Crippen LogP) is 22.9. The quantitative estimate of drug-likeness (QED) is 0.0989. The first-order valence-corrected chi connectivity index (χ1v) is 29.3. The molecule has 14 aromatic rings. The zero-order chi connectivity index (χ0) is 56.0. The van der Waals surface area contributed by atoms with Gasteiger partial charge in [0.2, 0.25) is 0 Å². The summed E-state index contributed by atoms with van der Waals surface area (Å²) in [4.78, 5) is 2.40. The van der Waals surface area contributed by atoms with E-state index in [4.69, 9.17) is 0 Å². The Morgan fingerprint density at radius 3 is 1.00 bits per heavy atom. The van der Waals surface area contributed by atoms with Gasteiger partial charge in [-0.2, -0.15) is 0 Å². The highest BCUT2D eigenvalue weighted by Crippen LogP contribution is 2.43. The lowest BCUT2D eigenvalue weighted by molar-refractivity contribution is 0.720. The lowest BCUT2D eigenvalue weighted by Crippen LogP contribution is -2.10. The molecule has 398 valence electrons. The molecule has 0 N–H and O–H groups in total. The first-order chi connectivity index (χ1) is 41.6. The molecule has 0 aliphatic heterocycles. The molecular formula is C83H61N. The number of fused-ring (bicyclic) bond motifs is 2. The van der Waals surface area contributed by atoms with Crippen LogP contribution in [0.2, 0.25) is 0 Å². The molecular weight excluding hydrogens is 1010 g/mol. The largest absolute Gasteiger partial charge is 0.310 e. The fourth-order valence-corrected chi connectivity index (χ4v) is 12.4. The third-order valence-corrected chi connectivity index (χ3v) is 16.7. The number of aryl methyl sites for hydroxylation is 1. The van der Waals surface area contributed by atoms with Gasteiger partial charge in [0.25, 0.3) is 0 Å². The molecule has 0 fully saturated rings. The van der Waals surface area contributed by atoms with Crippen LogP contribution >= 0.6 is 0 Å². The summed E-state index contributed by atoms with van der Waals surface area (Å²) in [5.74, 6) is 0.201. The van der Waals surface area contributed by atoms with Crippen molar-refractivity contribution in [2.24, 2.45) is 0 Å². The molecule has 14 aromatic carbocycles. The van der Waals surface area contributed by atoms with Gasteiger partial charge in [0.15, 0.2) is 0 Å². The van der Waals surface area contributed by atoms with Crippen molar-refractivity contribution in [2.45, 2.75) is 18.8 Å². The van der Waals surface area contributed by atoms with E-state index in [1.807, 2.05) is 0 Å². The second-order valence-corrected chi connectivity index (χ2v) is 22.0. The second kappa shape index (κ2) is 23.5. The van der Waals surface area contributed by atoms with Crippen molar-refractivity contribution in [3.63, 3.8) is 0 Å². The lowest BCUT2D eigenvalue weighted by Gasteiger charge is -2.27. The van der Waals surface area contributed by atoms with Gasteiger partial charge >= 0.3 is 0 Å². The molecule has 1 unspecified atom stereocenters. The minimum atomic E-state index is 0.201. The van der Waals surface area contributed by atoms with Gasteiger partial charge in [-0.3, -0.25) is 0 Å². The Labute approximate surface area is 493 Å². The Morgan fingerprint density at radius 1 is 0.238 bits per heavy atom.